The van der Waals surface area contributed by atoms with Crippen LogP contribution in [0.4, 0.5) is 0 Å². The molecule has 2 atom stereocenters. The van der Waals surface area contributed by atoms with Crippen molar-refractivity contribution >= 4 is 0 Å². The third-order valence-corrected chi connectivity index (χ3v) is 6.01. The number of pyridine rings is 1. The molecule has 2 aromatic rings. The van der Waals surface area contributed by atoms with Gasteiger partial charge in [-0.25, -0.2) is 0 Å². The van der Waals surface area contributed by atoms with Gasteiger partial charge in [-0.1, -0.05) is 12.1 Å². The molecule has 0 amide bonds. The van der Waals surface area contributed by atoms with Crippen LogP contribution in [0, 0.1) is 5.92 Å². The second-order valence-corrected chi connectivity index (χ2v) is 8.02. The topological polar surface area (TPSA) is 37.8 Å². The Labute approximate surface area is 160 Å². The van der Waals surface area contributed by atoms with Gasteiger partial charge >= 0.3 is 0 Å². The first-order valence-electron chi connectivity index (χ1n) is 10.1. The van der Waals surface area contributed by atoms with Crippen LogP contribution in [0.25, 0.3) is 0 Å². The highest BCUT2D eigenvalue weighted by molar-refractivity contribution is 5.43. The summed E-state index contributed by atoms with van der Waals surface area (Å²) in [6.07, 6.45) is 4.55. The number of ether oxygens (including phenoxy) is 2. The summed E-state index contributed by atoms with van der Waals surface area (Å²) in [5, 5.41) is 0. The van der Waals surface area contributed by atoms with Gasteiger partial charge in [0, 0.05) is 45.0 Å². The summed E-state index contributed by atoms with van der Waals surface area (Å²) in [5.41, 5.74) is 2.50. The number of aromatic nitrogens is 1. The Morgan fingerprint density at radius 1 is 0.926 bits per heavy atom. The molecule has 5 heteroatoms. The summed E-state index contributed by atoms with van der Waals surface area (Å²) in [5.74, 6) is 2.53. The quantitative estimate of drug-likeness (QED) is 0.833. The van der Waals surface area contributed by atoms with Crippen molar-refractivity contribution < 1.29 is 9.47 Å². The van der Waals surface area contributed by atoms with Gasteiger partial charge in [0.1, 0.15) is 13.2 Å². The lowest BCUT2D eigenvalue weighted by Gasteiger charge is -2.35. The van der Waals surface area contributed by atoms with Crippen molar-refractivity contribution in [2.75, 3.05) is 32.8 Å². The van der Waals surface area contributed by atoms with Crippen molar-refractivity contribution in [3.8, 4) is 11.5 Å². The summed E-state index contributed by atoms with van der Waals surface area (Å²) in [4.78, 5) is 9.82. The van der Waals surface area contributed by atoms with Gasteiger partial charge in [0.25, 0.3) is 0 Å². The summed E-state index contributed by atoms with van der Waals surface area (Å²) in [6.45, 7) is 6.77. The smallest absolute Gasteiger partial charge is 0.161 e. The van der Waals surface area contributed by atoms with Crippen molar-refractivity contribution in [3.63, 3.8) is 0 Å². The summed E-state index contributed by atoms with van der Waals surface area (Å²) in [6, 6.07) is 13.3. The van der Waals surface area contributed by atoms with Crippen molar-refractivity contribution in [1.82, 2.24) is 14.8 Å². The van der Waals surface area contributed by atoms with Gasteiger partial charge in [-0.2, -0.15) is 0 Å². The SMILES string of the molecule is c1ccc(CN2C[C@H]3CC[C@@H]2CN(Cc2ccc4c(c2)OCCO4)C3)nc1. The molecule has 0 radical (unpaired) electrons. The zero-order valence-corrected chi connectivity index (χ0v) is 15.7. The first kappa shape index (κ1) is 17.0. The molecule has 0 N–H and O–H groups in total. The molecule has 142 valence electrons. The molecule has 2 bridgehead atoms. The molecule has 6 rings (SSSR count). The molecular formula is C22H27N3O2. The summed E-state index contributed by atoms with van der Waals surface area (Å²) in [7, 11) is 0. The average molecular weight is 365 g/mol. The lowest BCUT2D eigenvalue weighted by atomic mass is 9.95. The highest BCUT2D eigenvalue weighted by Crippen LogP contribution is 2.33. The molecule has 0 unspecified atom stereocenters. The standard InChI is InChI=1S/C22H27N3O2/c1-2-8-23-19(3-1)15-25-14-18-4-6-20(25)16-24(13-18)12-17-5-7-21-22(11-17)27-10-9-26-21/h1-3,5,7-8,11,18,20H,4,6,9-10,12-16H2/t18-,20+/m0/s1. The molecule has 3 saturated heterocycles. The molecule has 1 aromatic heterocycles. The van der Waals surface area contributed by atoms with Crippen LogP contribution in [0.1, 0.15) is 24.1 Å². The van der Waals surface area contributed by atoms with Crippen LogP contribution >= 0.6 is 0 Å². The lowest BCUT2D eigenvalue weighted by Crippen LogP contribution is -2.43. The number of benzene rings is 1. The molecular weight excluding hydrogens is 338 g/mol. The van der Waals surface area contributed by atoms with Crippen molar-refractivity contribution in [3.05, 3.63) is 53.9 Å². The molecule has 4 aliphatic heterocycles. The second kappa shape index (κ2) is 7.49. The number of piperidine rings is 1. The molecule has 27 heavy (non-hydrogen) atoms. The normalized spacial score (nSPS) is 25.3. The Bertz CT molecular complexity index is 782. The first-order valence-corrected chi connectivity index (χ1v) is 10.1. The van der Waals surface area contributed by atoms with E-state index in [1.807, 2.05) is 12.3 Å². The van der Waals surface area contributed by atoms with Gasteiger partial charge in [0.05, 0.1) is 5.69 Å². The fourth-order valence-electron chi connectivity index (χ4n) is 4.74. The van der Waals surface area contributed by atoms with Crippen LogP contribution in [0.15, 0.2) is 42.6 Å². The lowest BCUT2D eigenvalue weighted by molar-refractivity contribution is 0.121. The van der Waals surface area contributed by atoms with E-state index in [2.05, 4.69) is 45.1 Å². The van der Waals surface area contributed by atoms with E-state index in [4.69, 9.17) is 9.47 Å². The first-order chi connectivity index (χ1) is 13.3. The Kier molecular flexibility index (Phi) is 4.72. The molecule has 4 aliphatic rings. The molecule has 1 aromatic carbocycles. The van der Waals surface area contributed by atoms with E-state index < -0.39 is 0 Å². The van der Waals surface area contributed by atoms with Crippen molar-refractivity contribution in [1.29, 1.82) is 0 Å². The minimum Gasteiger partial charge on any atom is -0.486 e. The van der Waals surface area contributed by atoms with Crippen LogP contribution in [0.2, 0.25) is 0 Å². The summed E-state index contributed by atoms with van der Waals surface area (Å²) >= 11 is 0. The van der Waals surface area contributed by atoms with E-state index in [1.54, 1.807) is 0 Å². The van der Waals surface area contributed by atoms with Gasteiger partial charge < -0.3 is 9.47 Å². The Hall–Kier alpha value is -2.11. The Morgan fingerprint density at radius 2 is 1.85 bits per heavy atom. The average Bonchev–Trinajstić information content (AvgIpc) is 2.99. The van der Waals surface area contributed by atoms with Gasteiger partial charge in [-0.3, -0.25) is 14.8 Å². The van der Waals surface area contributed by atoms with Crippen LogP contribution in [-0.2, 0) is 13.1 Å². The number of nitrogens with zero attached hydrogens (tertiary/aromatic N) is 3. The zero-order chi connectivity index (χ0) is 18.1. The number of hydrogen-bond acceptors (Lipinski definition) is 5. The predicted molar refractivity (Wildman–Crippen MR) is 104 cm³/mol. The maximum absolute atomic E-state index is 5.76. The highest BCUT2D eigenvalue weighted by atomic mass is 16.6. The number of hydrogen-bond donors (Lipinski definition) is 0. The van der Waals surface area contributed by atoms with Crippen molar-refractivity contribution in [2.45, 2.75) is 32.0 Å². The van der Waals surface area contributed by atoms with Gasteiger partial charge in [0.2, 0.25) is 0 Å². The van der Waals surface area contributed by atoms with Crippen LogP contribution < -0.4 is 9.47 Å². The maximum atomic E-state index is 5.76. The van der Waals surface area contributed by atoms with E-state index >= 15 is 0 Å². The molecule has 3 fully saturated rings. The van der Waals surface area contributed by atoms with Crippen LogP contribution in [0.5, 0.6) is 11.5 Å². The second-order valence-electron chi connectivity index (χ2n) is 8.02. The number of fused-ring (bicyclic) bond motifs is 5. The van der Waals surface area contributed by atoms with Gasteiger partial charge in [-0.05, 0) is 48.6 Å². The molecule has 5 heterocycles. The predicted octanol–water partition coefficient (Wildman–Crippen LogP) is 2.95. The fraction of sp³-hybridized carbons (Fsp3) is 0.500. The van der Waals surface area contributed by atoms with Gasteiger partial charge in [0.15, 0.2) is 11.5 Å². The van der Waals surface area contributed by atoms with Crippen LogP contribution in [0.3, 0.4) is 0 Å². The minimum atomic E-state index is 0.628. The largest absolute Gasteiger partial charge is 0.486 e. The maximum Gasteiger partial charge on any atom is 0.161 e. The third-order valence-electron chi connectivity index (χ3n) is 6.01. The molecule has 0 spiro atoms. The summed E-state index contributed by atoms with van der Waals surface area (Å²) < 4.78 is 11.4. The highest BCUT2D eigenvalue weighted by Gasteiger charge is 2.34. The van der Waals surface area contributed by atoms with E-state index in [0.29, 0.717) is 19.3 Å². The van der Waals surface area contributed by atoms with E-state index in [-0.39, 0.29) is 0 Å². The van der Waals surface area contributed by atoms with Crippen molar-refractivity contribution in [2.24, 2.45) is 5.92 Å². The third kappa shape index (κ3) is 3.80. The zero-order valence-electron chi connectivity index (χ0n) is 15.7. The number of rotatable bonds is 4. The monoisotopic (exact) mass is 365 g/mol. The minimum absolute atomic E-state index is 0.628. The Balaban J connectivity index is 1.27. The Morgan fingerprint density at radius 3 is 2.74 bits per heavy atom. The van der Waals surface area contributed by atoms with Gasteiger partial charge in [-0.15, -0.1) is 0 Å². The molecule has 5 nitrogen and oxygen atoms in total. The van der Waals surface area contributed by atoms with E-state index in [9.17, 15) is 0 Å². The van der Waals surface area contributed by atoms with Crippen LogP contribution in [-0.4, -0.2) is 53.7 Å². The molecule has 0 saturated carbocycles. The molecule has 0 aliphatic carbocycles. The fourth-order valence-corrected chi connectivity index (χ4v) is 4.74. The van der Waals surface area contributed by atoms with E-state index in [1.165, 1.54) is 37.2 Å². The van der Waals surface area contributed by atoms with E-state index in [0.717, 1.165) is 37.1 Å².